The van der Waals surface area contributed by atoms with Gasteiger partial charge in [-0.25, -0.2) is 0 Å². The Balaban J connectivity index is 1.65. The van der Waals surface area contributed by atoms with Crippen molar-refractivity contribution in [3.8, 4) is 6.07 Å². The van der Waals surface area contributed by atoms with Gasteiger partial charge in [0.05, 0.1) is 12.1 Å². The minimum atomic E-state index is 0.0266. The minimum absolute atomic E-state index is 0.0266. The van der Waals surface area contributed by atoms with Crippen LogP contribution >= 0.6 is 11.3 Å². The first-order valence-electron chi connectivity index (χ1n) is 9.24. The number of carbonyl (C=O) groups is 1. The van der Waals surface area contributed by atoms with Crippen molar-refractivity contribution < 1.29 is 4.79 Å². The topological polar surface area (TPSA) is 56.1 Å². The molecule has 1 aromatic rings. The molecule has 5 heteroatoms. The van der Waals surface area contributed by atoms with Gasteiger partial charge < -0.3 is 5.32 Å². The Labute approximate surface area is 148 Å². The van der Waals surface area contributed by atoms with Crippen LogP contribution in [-0.2, 0) is 17.6 Å². The number of likely N-dealkylation sites (tertiary alicyclic amines) is 1. The zero-order valence-corrected chi connectivity index (χ0v) is 15.4. The lowest BCUT2D eigenvalue weighted by molar-refractivity contribution is -0.117. The molecule has 0 bridgehead atoms. The van der Waals surface area contributed by atoms with Crippen LogP contribution in [0, 0.1) is 17.2 Å². The molecule has 24 heavy (non-hydrogen) atoms. The number of hydrogen-bond donors (Lipinski definition) is 1. The number of anilines is 1. The van der Waals surface area contributed by atoms with Gasteiger partial charge in [-0.3, -0.25) is 9.69 Å². The van der Waals surface area contributed by atoms with Crippen molar-refractivity contribution in [2.75, 3.05) is 25.0 Å². The predicted molar refractivity (Wildman–Crippen MR) is 98.4 cm³/mol. The van der Waals surface area contributed by atoms with E-state index in [1.165, 1.54) is 42.5 Å². The van der Waals surface area contributed by atoms with Crippen LogP contribution in [0.15, 0.2) is 0 Å². The van der Waals surface area contributed by atoms with Gasteiger partial charge in [0, 0.05) is 4.88 Å². The zero-order valence-electron chi connectivity index (χ0n) is 14.6. The van der Waals surface area contributed by atoms with E-state index < -0.39 is 0 Å². The fourth-order valence-electron chi connectivity index (χ4n) is 3.80. The van der Waals surface area contributed by atoms with Crippen LogP contribution in [0.4, 0.5) is 5.00 Å². The largest absolute Gasteiger partial charge is 0.315 e. The van der Waals surface area contributed by atoms with E-state index in [0.29, 0.717) is 18.0 Å². The van der Waals surface area contributed by atoms with Crippen molar-refractivity contribution in [1.29, 1.82) is 5.26 Å². The van der Waals surface area contributed by atoms with E-state index in [9.17, 15) is 10.1 Å². The molecular weight excluding hydrogens is 318 g/mol. The second-order valence-corrected chi connectivity index (χ2v) is 8.36. The number of nitrogens with zero attached hydrogens (tertiary/aromatic N) is 2. The zero-order chi connectivity index (χ0) is 16.9. The van der Waals surface area contributed by atoms with Crippen molar-refractivity contribution >= 4 is 22.2 Å². The maximum atomic E-state index is 12.5. The maximum absolute atomic E-state index is 12.5. The third-order valence-corrected chi connectivity index (χ3v) is 6.36. The van der Waals surface area contributed by atoms with Crippen LogP contribution in [0.3, 0.4) is 0 Å². The van der Waals surface area contributed by atoms with E-state index in [0.717, 1.165) is 37.4 Å². The molecule has 0 unspecified atom stereocenters. The maximum Gasteiger partial charge on any atom is 0.239 e. The lowest BCUT2D eigenvalue weighted by atomic mass is 9.89. The van der Waals surface area contributed by atoms with Gasteiger partial charge in [0.25, 0.3) is 0 Å². The summed E-state index contributed by atoms with van der Waals surface area (Å²) in [5, 5.41) is 13.3. The average Bonchev–Trinajstić information content (AvgIpc) is 2.85. The van der Waals surface area contributed by atoms with E-state index in [1.807, 2.05) is 0 Å². The number of carbonyl (C=O) groups excluding carboxylic acids is 1. The summed E-state index contributed by atoms with van der Waals surface area (Å²) in [5.41, 5.74) is 1.89. The predicted octanol–water partition coefficient (Wildman–Crippen LogP) is 3.95. The molecule has 3 rings (SSSR count). The number of amides is 1. The molecular formula is C19H27N3OS. The van der Waals surface area contributed by atoms with Crippen LogP contribution < -0.4 is 5.32 Å². The second kappa shape index (κ2) is 8.13. The van der Waals surface area contributed by atoms with Crippen LogP contribution in [0.1, 0.15) is 61.5 Å². The van der Waals surface area contributed by atoms with Gasteiger partial charge in [0.15, 0.2) is 0 Å². The summed E-state index contributed by atoms with van der Waals surface area (Å²) in [6, 6.07) is 2.33. The SMILES string of the molecule is C[C@@H]1CCc2c(sc(NC(=O)CN3CCCCCCC3)c2C#N)C1. The first-order chi connectivity index (χ1) is 11.7. The molecule has 4 nitrogen and oxygen atoms in total. The summed E-state index contributed by atoms with van der Waals surface area (Å²) in [6.45, 7) is 4.73. The quantitative estimate of drug-likeness (QED) is 0.902. The molecule has 1 fully saturated rings. The number of nitrogens with one attached hydrogen (secondary N) is 1. The minimum Gasteiger partial charge on any atom is -0.315 e. The van der Waals surface area contributed by atoms with Crippen molar-refractivity contribution in [3.63, 3.8) is 0 Å². The van der Waals surface area contributed by atoms with E-state index in [4.69, 9.17) is 0 Å². The highest BCUT2D eigenvalue weighted by Gasteiger charge is 2.25. The number of nitriles is 1. The van der Waals surface area contributed by atoms with Gasteiger partial charge in [0.1, 0.15) is 11.1 Å². The molecule has 1 saturated heterocycles. The Bertz CT molecular complexity index is 623. The fraction of sp³-hybridized carbons (Fsp3) is 0.684. The molecule has 0 aromatic carbocycles. The first kappa shape index (κ1) is 17.4. The van der Waals surface area contributed by atoms with E-state index in [2.05, 4.69) is 23.2 Å². The smallest absolute Gasteiger partial charge is 0.239 e. The number of thiophene rings is 1. The van der Waals surface area contributed by atoms with Gasteiger partial charge in [-0.1, -0.05) is 26.2 Å². The van der Waals surface area contributed by atoms with Crippen molar-refractivity contribution in [2.24, 2.45) is 5.92 Å². The van der Waals surface area contributed by atoms with Crippen LogP contribution in [0.25, 0.3) is 0 Å². The molecule has 0 saturated carbocycles. The highest BCUT2D eigenvalue weighted by atomic mass is 32.1. The number of rotatable bonds is 3. The lowest BCUT2D eigenvalue weighted by Crippen LogP contribution is -2.35. The van der Waals surface area contributed by atoms with Crippen LogP contribution in [0.5, 0.6) is 0 Å². The average molecular weight is 346 g/mol. The van der Waals surface area contributed by atoms with E-state index in [-0.39, 0.29) is 5.91 Å². The molecule has 0 spiro atoms. The third kappa shape index (κ3) is 4.17. The summed E-state index contributed by atoms with van der Waals surface area (Å²) in [7, 11) is 0. The second-order valence-electron chi connectivity index (χ2n) is 7.26. The van der Waals surface area contributed by atoms with Crippen molar-refractivity contribution in [1.82, 2.24) is 4.90 Å². The van der Waals surface area contributed by atoms with E-state index >= 15 is 0 Å². The normalized spacial score (nSPS) is 22.1. The van der Waals surface area contributed by atoms with E-state index in [1.54, 1.807) is 11.3 Å². The Kier molecular flexibility index (Phi) is 5.91. The van der Waals surface area contributed by atoms with Gasteiger partial charge >= 0.3 is 0 Å². The highest BCUT2D eigenvalue weighted by molar-refractivity contribution is 7.16. The summed E-state index contributed by atoms with van der Waals surface area (Å²) in [6.07, 6.45) is 9.38. The van der Waals surface area contributed by atoms with Crippen molar-refractivity contribution in [2.45, 2.75) is 58.3 Å². The van der Waals surface area contributed by atoms with Gasteiger partial charge in [-0.15, -0.1) is 11.3 Å². The highest BCUT2D eigenvalue weighted by Crippen LogP contribution is 2.39. The lowest BCUT2D eigenvalue weighted by Gasteiger charge is -2.23. The Hall–Kier alpha value is -1.38. The first-order valence-corrected chi connectivity index (χ1v) is 10.1. The standard InChI is InChI=1S/C19H27N3OS/c1-14-7-8-15-16(12-20)19(24-17(15)11-14)21-18(23)13-22-9-5-3-2-4-6-10-22/h14H,2-11,13H2,1H3,(H,21,23)/t14-/m1/s1. The fourth-order valence-corrected chi connectivity index (χ4v) is 5.17. The van der Waals surface area contributed by atoms with Gasteiger partial charge in [0.2, 0.25) is 5.91 Å². The van der Waals surface area contributed by atoms with Gasteiger partial charge in [-0.2, -0.15) is 5.26 Å². The molecule has 1 atom stereocenters. The summed E-state index contributed by atoms with van der Waals surface area (Å²) >= 11 is 1.62. The Morgan fingerprint density at radius 2 is 2.00 bits per heavy atom. The van der Waals surface area contributed by atoms with Crippen molar-refractivity contribution in [3.05, 3.63) is 16.0 Å². The number of hydrogen-bond acceptors (Lipinski definition) is 4. The van der Waals surface area contributed by atoms with Gasteiger partial charge in [-0.05, 0) is 56.7 Å². The molecule has 2 heterocycles. The Morgan fingerprint density at radius 1 is 1.29 bits per heavy atom. The molecule has 0 radical (unpaired) electrons. The summed E-state index contributed by atoms with van der Waals surface area (Å²) in [5.74, 6) is 0.700. The monoisotopic (exact) mass is 345 g/mol. The molecule has 2 aliphatic rings. The summed E-state index contributed by atoms with van der Waals surface area (Å²) in [4.78, 5) is 16.0. The molecule has 1 N–H and O–H groups in total. The third-order valence-electron chi connectivity index (χ3n) is 5.19. The van der Waals surface area contributed by atoms with Crippen LogP contribution in [0.2, 0.25) is 0 Å². The Morgan fingerprint density at radius 3 is 2.71 bits per heavy atom. The number of fused-ring (bicyclic) bond motifs is 1. The molecule has 1 aliphatic heterocycles. The van der Waals surface area contributed by atoms with Crippen LogP contribution in [-0.4, -0.2) is 30.4 Å². The molecule has 1 aromatic heterocycles. The summed E-state index contributed by atoms with van der Waals surface area (Å²) < 4.78 is 0. The molecule has 1 amide bonds. The molecule has 1 aliphatic carbocycles. The molecule has 130 valence electrons.